The molecule has 0 atom stereocenters. The highest BCUT2D eigenvalue weighted by Gasteiger charge is 2.27. The first-order valence-electron chi connectivity index (χ1n) is 9.02. The minimum Gasteiger partial charge on any atom is -0.343 e. The van der Waals surface area contributed by atoms with Crippen LogP contribution in [0.15, 0.2) is 24.3 Å². The number of carbonyl (C=O) groups excluding carboxylic acids is 1. The SMILES string of the molecule is O=C(CC1CCCC1)N1CCC(c2nc3ccccc3[nH]2)CC1. The summed E-state index contributed by atoms with van der Waals surface area (Å²) >= 11 is 0. The van der Waals surface area contributed by atoms with Crippen LogP contribution in [0.5, 0.6) is 0 Å². The topological polar surface area (TPSA) is 49.0 Å². The van der Waals surface area contributed by atoms with E-state index in [-0.39, 0.29) is 0 Å². The number of nitrogens with one attached hydrogen (secondary N) is 1. The molecule has 0 bridgehead atoms. The molecule has 122 valence electrons. The van der Waals surface area contributed by atoms with Crippen molar-refractivity contribution in [3.05, 3.63) is 30.1 Å². The van der Waals surface area contributed by atoms with Crippen LogP contribution >= 0.6 is 0 Å². The number of rotatable bonds is 3. The molecule has 1 aromatic heterocycles. The van der Waals surface area contributed by atoms with E-state index >= 15 is 0 Å². The van der Waals surface area contributed by atoms with Crippen LogP contribution in [0.1, 0.15) is 56.7 Å². The predicted molar refractivity (Wildman–Crippen MR) is 91.2 cm³/mol. The highest BCUT2D eigenvalue weighted by atomic mass is 16.2. The Morgan fingerprint density at radius 1 is 1.13 bits per heavy atom. The summed E-state index contributed by atoms with van der Waals surface area (Å²) in [5.41, 5.74) is 2.16. The lowest BCUT2D eigenvalue weighted by Crippen LogP contribution is -2.38. The van der Waals surface area contributed by atoms with E-state index in [1.165, 1.54) is 25.7 Å². The van der Waals surface area contributed by atoms with Crippen molar-refractivity contribution >= 4 is 16.9 Å². The van der Waals surface area contributed by atoms with Gasteiger partial charge >= 0.3 is 0 Å². The maximum atomic E-state index is 12.4. The molecule has 0 unspecified atom stereocenters. The molecular formula is C19H25N3O. The third kappa shape index (κ3) is 3.12. The quantitative estimate of drug-likeness (QED) is 0.936. The molecule has 1 amide bonds. The Hall–Kier alpha value is -1.84. The smallest absolute Gasteiger partial charge is 0.222 e. The summed E-state index contributed by atoms with van der Waals surface area (Å²) < 4.78 is 0. The van der Waals surface area contributed by atoms with Gasteiger partial charge in [0.05, 0.1) is 11.0 Å². The standard InChI is InChI=1S/C19H25N3O/c23-18(13-14-5-1-2-6-14)22-11-9-15(10-12-22)19-20-16-7-3-4-8-17(16)21-19/h3-4,7-8,14-15H,1-2,5-6,9-13H2,(H,20,21). The van der Waals surface area contributed by atoms with E-state index in [1.807, 2.05) is 12.1 Å². The minimum absolute atomic E-state index is 0.375. The van der Waals surface area contributed by atoms with Gasteiger partial charge in [0.2, 0.25) is 5.91 Å². The van der Waals surface area contributed by atoms with E-state index in [2.05, 4.69) is 22.0 Å². The molecule has 1 saturated carbocycles. The summed E-state index contributed by atoms with van der Waals surface area (Å²) in [6, 6.07) is 8.19. The summed E-state index contributed by atoms with van der Waals surface area (Å²) in [7, 11) is 0. The second kappa shape index (κ2) is 6.34. The number of nitrogens with zero attached hydrogens (tertiary/aromatic N) is 2. The van der Waals surface area contributed by atoms with Gasteiger partial charge < -0.3 is 9.88 Å². The van der Waals surface area contributed by atoms with Crippen molar-refractivity contribution in [2.24, 2.45) is 5.92 Å². The number of piperidine rings is 1. The highest BCUT2D eigenvalue weighted by molar-refractivity contribution is 5.77. The first-order valence-corrected chi connectivity index (χ1v) is 9.02. The molecule has 4 rings (SSSR count). The summed E-state index contributed by atoms with van der Waals surface area (Å²) in [6.07, 6.45) is 7.95. The second-order valence-corrected chi connectivity index (χ2v) is 7.15. The second-order valence-electron chi connectivity index (χ2n) is 7.15. The molecule has 2 aromatic rings. The van der Waals surface area contributed by atoms with E-state index in [0.29, 0.717) is 17.7 Å². The fraction of sp³-hybridized carbons (Fsp3) is 0.579. The van der Waals surface area contributed by atoms with Crippen molar-refractivity contribution in [1.29, 1.82) is 0 Å². The predicted octanol–water partition coefficient (Wildman–Crippen LogP) is 3.85. The Balaban J connectivity index is 1.35. The third-order valence-electron chi connectivity index (χ3n) is 5.58. The van der Waals surface area contributed by atoms with Crippen LogP contribution in [0.2, 0.25) is 0 Å². The molecule has 2 aliphatic rings. The zero-order valence-corrected chi connectivity index (χ0v) is 13.6. The first kappa shape index (κ1) is 14.7. The van der Waals surface area contributed by atoms with Gasteiger partial charge in [0.15, 0.2) is 0 Å². The number of aromatic nitrogens is 2. The number of hydrogen-bond donors (Lipinski definition) is 1. The monoisotopic (exact) mass is 311 g/mol. The zero-order chi connectivity index (χ0) is 15.6. The lowest BCUT2D eigenvalue weighted by Gasteiger charge is -2.31. The minimum atomic E-state index is 0.375. The number of amides is 1. The van der Waals surface area contributed by atoms with Crippen molar-refractivity contribution in [3.8, 4) is 0 Å². The van der Waals surface area contributed by atoms with Gasteiger partial charge in [-0.15, -0.1) is 0 Å². The maximum absolute atomic E-state index is 12.4. The Morgan fingerprint density at radius 3 is 2.61 bits per heavy atom. The molecule has 2 fully saturated rings. The summed E-state index contributed by atoms with van der Waals surface area (Å²) in [6.45, 7) is 1.76. The van der Waals surface area contributed by atoms with Crippen molar-refractivity contribution in [1.82, 2.24) is 14.9 Å². The molecule has 4 heteroatoms. The third-order valence-corrected chi connectivity index (χ3v) is 5.58. The average molecular weight is 311 g/mol. The summed E-state index contributed by atoms with van der Waals surface area (Å²) in [5.74, 6) is 2.57. The lowest BCUT2D eigenvalue weighted by molar-refractivity contribution is -0.133. The number of hydrogen-bond acceptors (Lipinski definition) is 2. The zero-order valence-electron chi connectivity index (χ0n) is 13.6. The van der Waals surface area contributed by atoms with Crippen LogP contribution in [-0.4, -0.2) is 33.9 Å². The Morgan fingerprint density at radius 2 is 1.87 bits per heavy atom. The molecule has 1 N–H and O–H groups in total. The number of carbonyl (C=O) groups is 1. The van der Waals surface area contributed by atoms with Crippen molar-refractivity contribution in [2.45, 2.75) is 50.9 Å². The van der Waals surface area contributed by atoms with Gasteiger partial charge in [-0.3, -0.25) is 4.79 Å². The van der Waals surface area contributed by atoms with Gasteiger partial charge in [0.1, 0.15) is 5.82 Å². The van der Waals surface area contributed by atoms with Gasteiger partial charge in [-0.05, 0) is 43.7 Å². The Kier molecular flexibility index (Phi) is 4.06. The van der Waals surface area contributed by atoms with Crippen LogP contribution in [0.3, 0.4) is 0 Å². The lowest BCUT2D eigenvalue weighted by atomic mass is 9.95. The number of H-pyrrole nitrogens is 1. The number of fused-ring (bicyclic) bond motifs is 1. The molecule has 0 spiro atoms. The number of benzene rings is 1. The fourth-order valence-corrected chi connectivity index (χ4v) is 4.16. The molecule has 1 aliphatic carbocycles. The summed E-state index contributed by atoms with van der Waals surface area (Å²) in [4.78, 5) is 22.7. The van der Waals surface area contributed by atoms with Crippen LogP contribution in [-0.2, 0) is 4.79 Å². The highest BCUT2D eigenvalue weighted by Crippen LogP contribution is 2.31. The van der Waals surface area contributed by atoms with Crippen molar-refractivity contribution in [3.63, 3.8) is 0 Å². The molecule has 2 heterocycles. The molecule has 1 aliphatic heterocycles. The maximum Gasteiger partial charge on any atom is 0.222 e. The number of likely N-dealkylation sites (tertiary alicyclic amines) is 1. The fourth-order valence-electron chi connectivity index (χ4n) is 4.16. The normalized spacial score (nSPS) is 20.4. The average Bonchev–Trinajstić information content (AvgIpc) is 3.24. The van der Waals surface area contributed by atoms with Crippen LogP contribution < -0.4 is 0 Å². The first-order chi connectivity index (χ1) is 11.3. The van der Waals surface area contributed by atoms with Gasteiger partial charge in [0.25, 0.3) is 0 Å². The molecule has 0 radical (unpaired) electrons. The molecule has 23 heavy (non-hydrogen) atoms. The number of para-hydroxylation sites is 2. The summed E-state index contributed by atoms with van der Waals surface area (Å²) in [5, 5.41) is 0. The van der Waals surface area contributed by atoms with E-state index < -0.39 is 0 Å². The molecule has 1 aromatic carbocycles. The van der Waals surface area contributed by atoms with Crippen LogP contribution in [0.4, 0.5) is 0 Å². The van der Waals surface area contributed by atoms with Gasteiger partial charge in [-0.1, -0.05) is 25.0 Å². The van der Waals surface area contributed by atoms with E-state index in [9.17, 15) is 4.79 Å². The molecular weight excluding hydrogens is 286 g/mol. The van der Waals surface area contributed by atoms with Gasteiger partial charge in [0, 0.05) is 25.4 Å². The largest absolute Gasteiger partial charge is 0.343 e. The van der Waals surface area contributed by atoms with Gasteiger partial charge in [-0.2, -0.15) is 0 Å². The molecule has 1 saturated heterocycles. The number of aromatic amines is 1. The van der Waals surface area contributed by atoms with Gasteiger partial charge in [-0.25, -0.2) is 4.98 Å². The molecule has 4 nitrogen and oxygen atoms in total. The van der Waals surface area contributed by atoms with Crippen molar-refractivity contribution in [2.75, 3.05) is 13.1 Å². The number of imidazole rings is 1. The van der Waals surface area contributed by atoms with Crippen LogP contribution in [0, 0.1) is 5.92 Å². The Labute approximate surface area is 137 Å². The van der Waals surface area contributed by atoms with Crippen molar-refractivity contribution < 1.29 is 4.79 Å². The Bertz CT molecular complexity index is 646. The van der Waals surface area contributed by atoms with E-state index in [0.717, 1.165) is 49.2 Å². The van der Waals surface area contributed by atoms with E-state index in [1.54, 1.807) is 0 Å². The van der Waals surface area contributed by atoms with Crippen LogP contribution in [0.25, 0.3) is 11.0 Å². The van der Waals surface area contributed by atoms with E-state index in [4.69, 9.17) is 4.98 Å².